The molecule has 3 N–H and O–H groups in total. The lowest BCUT2D eigenvalue weighted by atomic mass is 10.0. The van der Waals surface area contributed by atoms with Crippen LogP contribution in [-0.2, 0) is 20.9 Å². The van der Waals surface area contributed by atoms with E-state index in [4.69, 9.17) is 5.73 Å². The minimum atomic E-state index is -1.05. The highest BCUT2D eigenvalue weighted by Gasteiger charge is 2.32. The molecule has 0 saturated carbocycles. The largest absolute Gasteiger partial charge is 0.462 e. The van der Waals surface area contributed by atoms with Crippen molar-refractivity contribution in [1.82, 2.24) is 4.57 Å². The van der Waals surface area contributed by atoms with Crippen LogP contribution in [0.1, 0.15) is 22.3 Å². The van der Waals surface area contributed by atoms with Gasteiger partial charge in [0.1, 0.15) is 0 Å². The summed E-state index contributed by atoms with van der Waals surface area (Å²) in [5.74, 6) is -2.15. The van der Waals surface area contributed by atoms with Crippen LogP contribution in [0.3, 0.4) is 0 Å². The average Bonchev–Trinajstić information content (AvgIpc) is 3.06. The third-order valence-electron chi connectivity index (χ3n) is 5.14. The number of hydrogen-bond acceptors (Lipinski definition) is 6. The maximum atomic E-state index is 13.3. The number of hydrogen-bond donors (Lipinski definition) is 2. The Morgan fingerprint density at radius 3 is 2.50 bits per heavy atom. The number of nitrogens with one attached hydrogen (secondary N) is 1. The summed E-state index contributed by atoms with van der Waals surface area (Å²) in [5.41, 5.74) is 7.92. The fraction of sp³-hybridized carbons (Fsp3) is 0.182. The molecule has 4 rings (SSSR count). The third kappa shape index (κ3) is 2.98. The normalized spacial score (nSPS) is 11.9. The van der Waals surface area contributed by atoms with E-state index >= 15 is 0 Å². The van der Waals surface area contributed by atoms with Crippen molar-refractivity contribution in [3.05, 3.63) is 63.9 Å². The van der Waals surface area contributed by atoms with E-state index in [0.717, 1.165) is 12.7 Å². The van der Waals surface area contributed by atoms with Crippen LogP contribution in [-0.4, -0.2) is 35.9 Å². The number of methoxy groups -OCH3 is 1. The highest BCUT2D eigenvalue weighted by molar-refractivity contribution is 6.37. The third-order valence-corrected chi connectivity index (χ3v) is 5.14. The number of carbonyl (C=O) groups is 3. The lowest BCUT2D eigenvalue weighted by molar-refractivity contribution is -0.150. The molecule has 1 aromatic heterocycles. The summed E-state index contributed by atoms with van der Waals surface area (Å²) in [5, 5.41) is 3.17. The standard InChI is InChI=1S/C22H19N3O5/c1-30-22(29)20(27)24-12-7-8-13-16(11-12)21(28)25(10-4-9-23)18-14-5-2-3-6-15(14)19(26)17(13)18/h2-3,5-8,11H,4,9-10,23H2,1H3,(H,24,27). The van der Waals surface area contributed by atoms with E-state index in [0.29, 0.717) is 41.7 Å². The molecule has 1 aliphatic rings. The van der Waals surface area contributed by atoms with Crippen LogP contribution in [0.25, 0.3) is 22.0 Å². The Morgan fingerprint density at radius 2 is 1.80 bits per heavy atom. The van der Waals surface area contributed by atoms with Crippen molar-refractivity contribution in [3.8, 4) is 11.3 Å². The Labute approximate surface area is 171 Å². The van der Waals surface area contributed by atoms with Gasteiger partial charge in [0.2, 0.25) is 0 Å². The zero-order valence-corrected chi connectivity index (χ0v) is 16.2. The average molecular weight is 405 g/mol. The maximum Gasteiger partial charge on any atom is 0.396 e. The van der Waals surface area contributed by atoms with Crippen LogP contribution >= 0.6 is 0 Å². The van der Waals surface area contributed by atoms with Crippen LogP contribution < -0.4 is 16.6 Å². The number of ketones is 1. The van der Waals surface area contributed by atoms with Gasteiger partial charge in [-0.3, -0.25) is 14.4 Å². The van der Waals surface area contributed by atoms with E-state index in [1.165, 1.54) is 6.07 Å². The molecule has 2 aromatic carbocycles. The molecule has 152 valence electrons. The topological polar surface area (TPSA) is 120 Å². The monoisotopic (exact) mass is 405 g/mol. The lowest BCUT2D eigenvalue weighted by Gasteiger charge is -2.15. The van der Waals surface area contributed by atoms with E-state index in [2.05, 4.69) is 10.1 Å². The summed E-state index contributed by atoms with van der Waals surface area (Å²) >= 11 is 0. The summed E-state index contributed by atoms with van der Waals surface area (Å²) in [4.78, 5) is 49.7. The van der Waals surface area contributed by atoms with Crippen molar-refractivity contribution in [2.75, 3.05) is 19.0 Å². The molecule has 8 heteroatoms. The number of pyridine rings is 1. The Morgan fingerprint density at radius 1 is 1.07 bits per heavy atom. The van der Waals surface area contributed by atoms with Gasteiger partial charge in [0.05, 0.1) is 23.8 Å². The number of rotatable bonds is 4. The molecule has 0 saturated heterocycles. The van der Waals surface area contributed by atoms with Crippen LogP contribution in [0.5, 0.6) is 0 Å². The molecule has 8 nitrogen and oxygen atoms in total. The summed E-state index contributed by atoms with van der Waals surface area (Å²) in [6, 6.07) is 11.8. The van der Waals surface area contributed by atoms with E-state index in [1.54, 1.807) is 28.8 Å². The highest BCUT2D eigenvalue weighted by Crippen LogP contribution is 2.39. The molecule has 0 atom stereocenters. The van der Waals surface area contributed by atoms with Gasteiger partial charge in [-0.1, -0.05) is 30.3 Å². The van der Waals surface area contributed by atoms with Gasteiger partial charge in [-0.05, 0) is 25.1 Å². The van der Waals surface area contributed by atoms with Gasteiger partial charge < -0.3 is 20.4 Å². The van der Waals surface area contributed by atoms with Crippen molar-refractivity contribution in [2.24, 2.45) is 5.73 Å². The first-order valence-electron chi connectivity index (χ1n) is 9.42. The second-order valence-electron chi connectivity index (χ2n) is 6.90. The second kappa shape index (κ2) is 7.57. The van der Waals surface area contributed by atoms with Crippen molar-refractivity contribution in [1.29, 1.82) is 0 Å². The van der Waals surface area contributed by atoms with Crippen molar-refractivity contribution < 1.29 is 19.1 Å². The van der Waals surface area contributed by atoms with E-state index in [-0.39, 0.29) is 22.4 Å². The molecule has 1 aliphatic carbocycles. The number of carbonyl (C=O) groups excluding carboxylic acids is 3. The quantitative estimate of drug-likeness (QED) is 0.394. The number of nitrogens with two attached hydrogens (primary N) is 1. The van der Waals surface area contributed by atoms with Gasteiger partial charge in [0.25, 0.3) is 5.56 Å². The van der Waals surface area contributed by atoms with Crippen LogP contribution in [0.15, 0.2) is 47.3 Å². The van der Waals surface area contributed by atoms with Crippen LogP contribution in [0, 0.1) is 0 Å². The minimum absolute atomic E-state index is 0.154. The fourth-order valence-electron chi connectivity index (χ4n) is 3.80. The molecule has 0 spiro atoms. The van der Waals surface area contributed by atoms with Crippen LogP contribution in [0.2, 0.25) is 0 Å². The predicted molar refractivity (Wildman–Crippen MR) is 111 cm³/mol. The number of ether oxygens (including phenoxy) is 1. The summed E-state index contributed by atoms with van der Waals surface area (Å²) in [6.07, 6.45) is 0.562. The first-order chi connectivity index (χ1) is 14.5. The number of benzene rings is 2. The van der Waals surface area contributed by atoms with Gasteiger partial charge in [0.15, 0.2) is 5.78 Å². The number of anilines is 1. The SMILES string of the molecule is COC(=O)C(=O)Nc1ccc2c3c(n(CCCN)c(=O)c2c1)-c1ccccc1C3=O. The van der Waals surface area contributed by atoms with Gasteiger partial charge >= 0.3 is 11.9 Å². The van der Waals surface area contributed by atoms with E-state index < -0.39 is 11.9 Å². The van der Waals surface area contributed by atoms with Crippen molar-refractivity contribution in [3.63, 3.8) is 0 Å². The highest BCUT2D eigenvalue weighted by atomic mass is 16.5. The van der Waals surface area contributed by atoms with Crippen LogP contribution in [0.4, 0.5) is 5.69 Å². The van der Waals surface area contributed by atoms with Gasteiger partial charge in [-0.15, -0.1) is 0 Å². The Balaban J connectivity index is 1.95. The molecule has 0 aliphatic heterocycles. The van der Waals surface area contributed by atoms with Gasteiger partial charge in [-0.2, -0.15) is 0 Å². The fourth-order valence-corrected chi connectivity index (χ4v) is 3.80. The molecule has 30 heavy (non-hydrogen) atoms. The molecular formula is C22H19N3O5. The molecule has 1 heterocycles. The molecule has 0 radical (unpaired) electrons. The Hall–Kier alpha value is -3.78. The first kappa shape index (κ1) is 19.5. The number of fused-ring (bicyclic) bond motifs is 5. The zero-order valence-electron chi connectivity index (χ0n) is 16.2. The van der Waals surface area contributed by atoms with E-state index in [1.807, 2.05) is 12.1 Å². The zero-order chi connectivity index (χ0) is 21.4. The predicted octanol–water partition coefficient (Wildman–Crippen LogP) is 1.67. The van der Waals surface area contributed by atoms with Gasteiger partial charge in [-0.25, -0.2) is 4.79 Å². The van der Waals surface area contributed by atoms with Gasteiger partial charge in [0, 0.05) is 28.7 Å². The number of esters is 1. The first-order valence-corrected chi connectivity index (χ1v) is 9.42. The molecular weight excluding hydrogens is 386 g/mol. The second-order valence-corrected chi connectivity index (χ2v) is 6.90. The molecule has 1 amide bonds. The van der Waals surface area contributed by atoms with E-state index in [9.17, 15) is 19.2 Å². The van der Waals surface area contributed by atoms with Crippen molar-refractivity contribution in [2.45, 2.75) is 13.0 Å². The summed E-state index contributed by atoms with van der Waals surface area (Å²) in [6.45, 7) is 0.748. The Bertz CT molecular complexity index is 1280. The Kier molecular flexibility index (Phi) is 4.93. The molecule has 0 fully saturated rings. The van der Waals surface area contributed by atoms with Crippen molar-refractivity contribution >= 4 is 34.1 Å². The number of amides is 1. The minimum Gasteiger partial charge on any atom is -0.462 e. The maximum absolute atomic E-state index is 13.3. The molecule has 3 aromatic rings. The lowest BCUT2D eigenvalue weighted by Crippen LogP contribution is -2.26. The number of aromatic nitrogens is 1. The summed E-state index contributed by atoms with van der Waals surface area (Å²) < 4.78 is 5.97. The molecule has 0 bridgehead atoms. The summed E-state index contributed by atoms with van der Waals surface area (Å²) in [7, 11) is 1.10. The molecule has 0 unspecified atom stereocenters. The smallest absolute Gasteiger partial charge is 0.396 e. The number of nitrogens with zero attached hydrogens (tertiary/aromatic N) is 1.